The maximum atomic E-state index is 12.8. The van der Waals surface area contributed by atoms with Crippen LogP contribution in [0.1, 0.15) is 245 Å². The quantitative estimate of drug-likeness (QED) is 0.0261. The Kier molecular flexibility index (Phi) is 60.0. The van der Waals surface area contributed by atoms with Crippen molar-refractivity contribution in [2.75, 3.05) is 13.2 Å². The van der Waals surface area contributed by atoms with Crippen LogP contribution in [0.4, 0.5) is 0 Å². The number of ether oxygens (including phenoxy) is 3. The second-order valence-electron chi connectivity index (χ2n) is 19.8. The van der Waals surface area contributed by atoms with Gasteiger partial charge in [-0.15, -0.1) is 0 Å². The Morgan fingerprint density at radius 1 is 0.269 bits per heavy atom. The van der Waals surface area contributed by atoms with Gasteiger partial charge in [0.2, 0.25) is 0 Å². The maximum Gasteiger partial charge on any atom is 0.306 e. The molecule has 6 nitrogen and oxygen atoms in total. The Morgan fingerprint density at radius 3 is 0.821 bits per heavy atom. The molecule has 6 heteroatoms. The average Bonchev–Trinajstić information content (AvgIpc) is 3.44. The zero-order chi connectivity index (χ0) is 56.4. The van der Waals surface area contributed by atoms with E-state index in [4.69, 9.17) is 14.2 Å². The summed E-state index contributed by atoms with van der Waals surface area (Å²) in [5.74, 6) is -0.991. The van der Waals surface area contributed by atoms with Gasteiger partial charge in [-0.1, -0.05) is 242 Å². The Labute approximate surface area is 479 Å². The van der Waals surface area contributed by atoms with Crippen LogP contribution < -0.4 is 0 Å². The Balaban J connectivity index is 4.36. The molecule has 0 aliphatic heterocycles. The van der Waals surface area contributed by atoms with Gasteiger partial charge >= 0.3 is 17.9 Å². The predicted molar refractivity (Wildman–Crippen MR) is 338 cm³/mol. The molecule has 436 valence electrons. The average molecular weight is 1070 g/mol. The second-order valence-corrected chi connectivity index (χ2v) is 19.8. The van der Waals surface area contributed by atoms with E-state index in [0.29, 0.717) is 19.3 Å². The van der Waals surface area contributed by atoms with Crippen molar-refractivity contribution < 1.29 is 28.6 Å². The molecule has 0 aromatic carbocycles. The van der Waals surface area contributed by atoms with Gasteiger partial charge in [-0.25, -0.2) is 0 Å². The number of esters is 3. The summed E-state index contributed by atoms with van der Waals surface area (Å²) in [6.07, 6.45) is 95.1. The van der Waals surface area contributed by atoms with E-state index in [0.717, 1.165) is 167 Å². The smallest absolute Gasteiger partial charge is 0.306 e. The Bertz CT molecular complexity index is 1810. The van der Waals surface area contributed by atoms with Crippen LogP contribution in [-0.2, 0) is 28.6 Å². The summed E-state index contributed by atoms with van der Waals surface area (Å²) in [6, 6.07) is 0. The number of carbonyl (C=O) groups excluding carboxylic acids is 3. The highest BCUT2D eigenvalue weighted by atomic mass is 16.6. The molecular weight excluding hydrogens is 961 g/mol. The van der Waals surface area contributed by atoms with Gasteiger partial charge in [0.15, 0.2) is 6.10 Å². The first-order valence-corrected chi connectivity index (χ1v) is 31.1. The monoisotopic (exact) mass is 1070 g/mol. The number of rotatable bonds is 54. The number of hydrogen-bond donors (Lipinski definition) is 0. The third-order valence-corrected chi connectivity index (χ3v) is 12.4. The standard InChI is InChI=1S/C72H112O6/c1-4-7-10-13-16-19-22-25-27-28-29-30-31-32-33-34-35-36-37-38-39-40-41-42-43-44-46-47-50-53-56-59-62-65-71(74)77-68-69(67-76-70(73)64-61-58-55-52-49-24-21-18-15-12-9-6-3)78-72(75)66-63-60-57-54-51-48-45-26-23-20-17-14-11-8-5-2/h7-8,10-11,16-21,25-27,29-30,32-33,35-36,38-39,41-42,44-46,51,54,69H,4-6,9,12-15,22-24,28,31,34,37,40,43,47-50,52-53,55-68H2,1-3H3/b10-7-,11-8-,19-16-,20-17-,21-18-,27-25-,30-29-,33-32-,36-35-,39-38-,42-41-,45-26-,46-44-,54-51-. The highest BCUT2D eigenvalue weighted by Gasteiger charge is 2.19. The SMILES string of the molecule is CC/C=C\C/C=C\C/C=C\C/C=C\C/C=C\C/C=C\C/C=C\C/C=C\C/C=C\CCCCCCCC(=O)OCC(COC(=O)CCCCCCC/C=C\CCCCC)OC(=O)CCCC/C=C\C/C=C\C/C=C\C/C=C\CC. The molecule has 1 atom stereocenters. The van der Waals surface area contributed by atoms with Crippen molar-refractivity contribution in [2.24, 2.45) is 0 Å². The molecule has 0 aromatic heterocycles. The first-order valence-electron chi connectivity index (χ1n) is 31.1. The van der Waals surface area contributed by atoms with Crippen molar-refractivity contribution in [3.05, 3.63) is 170 Å². The third kappa shape index (κ3) is 61.6. The van der Waals surface area contributed by atoms with E-state index in [1.54, 1.807) is 0 Å². The van der Waals surface area contributed by atoms with Gasteiger partial charge in [-0.2, -0.15) is 0 Å². The minimum Gasteiger partial charge on any atom is -0.462 e. The van der Waals surface area contributed by atoms with Crippen LogP contribution in [0.25, 0.3) is 0 Å². The van der Waals surface area contributed by atoms with Crippen LogP contribution in [-0.4, -0.2) is 37.2 Å². The molecule has 1 unspecified atom stereocenters. The molecule has 0 saturated carbocycles. The summed E-state index contributed by atoms with van der Waals surface area (Å²) >= 11 is 0. The molecule has 0 spiro atoms. The largest absolute Gasteiger partial charge is 0.462 e. The Hall–Kier alpha value is -5.23. The molecule has 0 fully saturated rings. The fourth-order valence-electron chi connectivity index (χ4n) is 7.83. The first kappa shape index (κ1) is 72.8. The summed E-state index contributed by atoms with van der Waals surface area (Å²) < 4.78 is 16.8. The number of unbranched alkanes of at least 4 members (excludes halogenated alkanes) is 15. The van der Waals surface area contributed by atoms with E-state index in [2.05, 4.69) is 191 Å². The van der Waals surface area contributed by atoms with Crippen molar-refractivity contribution in [3.63, 3.8) is 0 Å². The lowest BCUT2D eigenvalue weighted by Gasteiger charge is -2.18. The van der Waals surface area contributed by atoms with E-state index >= 15 is 0 Å². The van der Waals surface area contributed by atoms with Gasteiger partial charge in [0.1, 0.15) is 13.2 Å². The second kappa shape index (κ2) is 64.3. The van der Waals surface area contributed by atoms with Crippen LogP contribution in [0.2, 0.25) is 0 Å². The summed E-state index contributed by atoms with van der Waals surface area (Å²) in [4.78, 5) is 38.2. The molecule has 0 N–H and O–H groups in total. The maximum absolute atomic E-state index is 12.8. The minimum atomic E-state index is -0.820. The van der Waals surface area contributed by atoms with E-state index in [-0.39, 0.29) is 37.5 Å². The molecule has 0 aromatic rings. The van der Waals surface area contributed by atoms with Crippen LogP contribution >= 0.6 is 0 Å². The molecule has 0 bridgehead atoms. The zero-order valence-corrected chi connectivity index (χ0v) is 49.9. The third-order valence-electron chi connectivity index (χ3n) is 12.4. The van der Waals surface area contributed by atoms with Gasteiger partial charge in [-0.3, -0.25) is 14.4 Å². The minimum absolute atomic E-state index is 0.112. The van der Waals surface area contributed by atoms with Crippen molar-refractivity contribution in [2.45, 2.75) is 252 Å². The van der Waals surface area contributed by atoms with Crippen molar-refractivity contribution in [3.8, 4) is 0 Å². The molecule has 0 saturated heterocycles. The molecular formula is C72H112O6. The summed E-state index contributed by atoms with van der Waals surface area (Å²) in [5.41, 5.74) is 0. The molecule has 0 amide bonds. The Morgan fingerprint density at radius 2 is 0.500 bits per heavy atom. The normalized spacial score (nSPS) is 13.3. The van der Waals surface area contributed by atoms with Crippen LogP contribution in [0.3, 0.4) is 0 Å². The molecule has 0 aliphatic rings. The van der Waals surface area contributed by atoms with Gasteiger partial charge in [0, 0.05) is 19.3 Å². The van der Waals surface area contributed by atoms with Gasteiger partial charge in [0.05, 0.1) is 0 Å². The molecule has 0 rings (SSSR count). The van der Waals surface area contributed by atoms with Gasteiger partial charge < -0.3 is 14.2 Å². The fraction of sp³-hybridized carbons (Fsp3) is 0.569. The summed E-state index contributed by atoms with van der Waals surface area (Å²) in [5, 5.41) is 0. The predicted octanol–water partition coefficient (Wildman–Crippen LogP) is 21.5. The lowest BCUT2D eigenvalue weighted by Crippen LogP contribution is -2.30. The highest BCUT2D eigenvalue weighted by molar-refractivity contribution is 5.71. The van der Waals surface area contributed by atoms with E-state index in [9.17, 15) is 14.4 Å². The van der Waals surface area contributed by atoms with Crippen LogP contribution in [0, 0.1) is 0 Å². The molecule has 78 heavy (non-hydrogen) atoms. The number of hydrogen-bond acceptors (Lipinski definition) is 6. The van der Waals surface area contributed by atoms with Crippen molar-refractivity contribution in [1.82, 2.24) is 0 Å². The fourth-order valence-corrected chi connectivity index (χ4v) is 7.83. The molecule has 0 radical (unpaired) electrons. The van der Waals surface area contributed by atoms with Crippen LogP contribution in [0.5, 0.6) is 0 Å². The highest BCUT2D eigenvalue weighted by Crippen LogP contribution is 2.13. The lowest BCUT2D eigenvalue weighted by atomic mass is 10.1. The van der Waals surface area contributed by atoms with Crippen molar-refractivity contribution in [1.29, 1.82) is 0 Å². The lowest BCUT2D eigenvalue weighted by molar-refractivity contribution is -0.167. The molecule has 0 heterocycles. The van der Waals surface area contributed by atoms with E-state index in [1.807, 2.05) is 0 Å². The van der Waals surface area contributed by atoms with Crippen LogP contribution in [0.15, 0.2) is 170 Å². The number of carbonyl (C=O) groups is 3. The van der Waals surface area contributed by atoms with Gasteiger partial charge in [-0.05, 0) is 154 Å². The number of allylic oxidation sites excluding steroid dienone is 28. The topological polar surface area (TPSA) is 78.9 Å². The van der Waals surface area contributed by atoms with E-state index in [1.165, 1.54) is 32.1 Å². The van der Waals surface area contributed by atoms with Crippen molar-refractivity contribution >= 4 is 17.9 Å². The first-order chi connectivity index (χ1) is 38.5. The zero-order valence-electron chi connectivity index (χ0n) is 49.9. The van der Waals surface area contributed by atoms with E-state index < -0.39 is 6.10 Å². The summed E-state index contributed by atoms with van der Waals surface area (Å²) in [7, 11) is 0. The van der Waals surface area contributed by atoms with Gasteiger partial charge in [0.25, 0.3) is 0 Å². The summed E-state index contributed by atoms with van der Waals surface area (Å²) in [6.45, 7) is 6.31. The molecule has 0 aliphatic carbocycles.